The van der Waals surface area contributed by atoms with Crippen LogP contribution in [0.2, 0.25) is 0 Å². The van der Waals surface area contributed by atoms with Gasteiger partial charge in [0.15, 0.2) is 5.82 Å². The number of amides is 1. The minimum absolute atomic E-state index is 0.128. The zero-order valence-corrected chi connectivity index (χ0v) is 21.2. The average Bonchev–Trinajstić information content (AvgIpc) is 3.65. The Morgan fingerprint density at radius 3 is 2.66 bits per heavy atom. The van der Waals surface area contributed by atoms with Crippen molar-refractivity contribution < 1.29 is 13.7 Å². The van der Waals surface area contributed by atoms with Crippen molar-refractivity contribution in [2.75, 3.05) is 42.7 Å². The minimum atomic E-state index is -1.16. The number of hydrogen-bond donors (Lipinski definition) is 2. The van der Waals surface area contributed by atoms with E-state index in [1.54, 1.807) is 0 Å². The SMILES string of the molecule is CNC(=O)OCC(C)(C)Nc1nc(N2CC=C(c3ncc(C4CC4)cn3)CC2)nc2c1[S@](=O)CC2. The number of nitrogens with one attached hydrogen (secondary N) is 2. The molecule has 186 valence electrons. The Labute approximate surface area is 207 Å². The van der Waals surface area contributed by atoms with Crippen LogP contribution in [0.4, 0.5) is 16.6 Å². The van der Waals surface area contributed by atoms with Gasteiger partial charge in [-0.2, -0.15) is 4.98 Å². The van der Waals surface area contributed by atoms with Crippen LogP contribution in [0, 0.1) is 0 Å². The van der Waals surface area contributed by atoms with Crippen LogP contribution in [0.5, 0.6) is 0 Å². The van der Waals surface area contributed by atoms with E-state index in [-0.39, 0.29) is 6.61 Å². The number of carbonyl (C=O) groups excluding carboxylic acids is 1. The first-order valence-electron chi connectivity index (χ1n) is 12.0. The average molecular weight is 498 g/mol. The number of ether oxygens (including phenoxy) is 1. The number of anilines is 2. The first kappa shape index (κ1) is 23.7. The zero-order valence-electron chi connectivity index (χ0n) is 20.3. The quantitative estimate of drug-likeness (QED) is 0.594. The lowest BCUT2D eigenvalue weighted by Gasteiger charge is -2.29. The molecule has 2 aromatic heterocycles. The van der Waals surface area contributed by atoms with Crippen molar-refractivity contribution in [3.8, 4) is 0 Å². The smallest absolute Gasteiger partial charge is 0.406 e. The highest BCUT2D eigenvalue weighted by Crippen LogP contribution is 2.39. The van der Waals surface area contributed by atoms with E-state index in [0.29, 0.717) is 41.3 Å². The summed E-state index contributed by atoms with van der Waals surface area (Å²) in [5, 5.41) is 5.79. The van der Waals surface area contributed by atoms with Crippen molar-refractivity contribution in [2.24, 2.45) is 0 Å². The molecule has 1 saturated carbocycles. The molecular weight excluding hydrogens is 466 g/mol. The Balaban J connectivity index is 1.34. The van der Waals surface area contributed by atoms with E-state index >= 15 is 0 Å². The molecule has 10 nitrogen and oxygen atoms in total. The van der Waals surface area contributed by atoms with Gasteiger partial charge in [-0.05, 0) is 50.2 Å². The molecule has 2 aliphatic heterocycles. The lowest BCUT2D eigenvalue weighted by atomic mass is 10.1. The highest BCUT2D eigenvalue weighted by Gasteiger charge is 2.31. The van der Waals surface area contributed by atoms with Crippen molar-refractivity contribution in [1.29, 1.82) is 0 Å². The first-order valence-corrected chi connectivity index (χ1v) is 13.3. The predicted octanol–water partition coefficient (Wildman–Crippen LogP) is 2.65. The molecule has 2 N–H and O–H groups in total. The summed E-state index contributed by atoms with van der Waals surface area (Å²) in [5.41, 5.74) is 2.57. The fourth-order valence-electron chi connectivity index (χ4n) is 4.27. The Hall–Kier alpha value is -3.08. The maximum atomic E-state index is 12.7. The third kappa shape index (κ3) is 5.29. The second-order valence-electron chi connectivity index (χ2n) is 9.82. The second-order valence-corrected chi connectivity index (χ2v) is 11.3. The predicted molar refractivity (Wildman–Crippen MR) is 134 cm³/mol. The Morgan fingerprint density at radius 2 is 2.00 bits per heavy atom. The van der Waals surface area contributed by atoms with E-state index < -0.39 is 22.4 Å². The molecule has 0 bridgehead atoms. The molecule has 1 amide bonds. The number of hydrogen-bond acceptors (Lipinski definition) is 9. The lowest BCUT2D eigenvalue weighted by Crippen LogP contribution is -2.39. The third-order valence-corrected chi connectivity index (χ3v) is 7.86. The molecule has 3 aliphatic rings. The molecule has 0 aromatic carbocycles. The van der Waals surface area contributed by atoms with Gasteiger partial charge in [0.1, 0.15) is 17.3 Å². The molecule has 1 atom stereocenters. The summed E-state index contributed by atoms with van der Waals surface area (Å²) >= 11 is 0. The van der Waals surface area contributed by atoms with Gasteiger partial charge in [-0.25, -0.2) is 19.7 Å². The number of alkyl carbamates (subject to hydrolysis) is 1. The number of carbonyl (C=O) groups is 1. The van der Waals surface area contributed by atoms with E-state index in [4.69, 9.17) is 14.7 Å². The van der Waals surface area contributed by atoms with Gasteiger partial charge in [0.2, 0.25) is 5.95 Å². The molecule has 35 heavy (non-hydrogen) atoms. The Bertz CT molecular complexity index is 1180. The van der Waals surface area contributed by atoms with Gasteiger partial charge in [-0.15, -0.1) is 0 Å². The first-order chi connectivity index (χ1) is 16.8. The van der Waals surface area contributed by atoms with E-state index in [1.165, 1.54) is 25.5 Å². The number of aromatic nitrogens is 4. The van der Waals surface area contributed by atoms with Crippen LogP contribution in [-0.2, 0) is 22.0 Å². The maximum absolute atomic E-state index is 12.7. The van der Waals surface area contributed by atoms with Crippen molar-refractivity contribution in [3.63, 3.8) is 0 Å². The molecule has 11 heteroatoms. The van der Waals surface area contributed by atoms with Crippen molar-refractivity contribution in [3.05, 3.63) is 35.6 Å². The largest absolute Gasteiger partial charge is 0.447 e. The molecule has 4 heterocycles. The molecule has 0 unspecified atom stereocenters. The number of aryl methyl sites for hydroxylation is 1. The molecule has 1 aliphatic carbocycles. The molecule has 1 fully saturated rings. The summed E-state index contributed by atoms with van der Waals surface area (Å²) in [6.45, 7) is 5.33. The van der Waals surface area contributed by atoms with E-state index in [2.05, 4.69) is 31.6 Å². The van der Waals surface area contributed by atoms with Crippen molar-refractivity contribution in [1.82, 2.24) is 25.3 Å². The maximum Gasteiger partial charge on any atom is 0.406 e. The minimum Gasteiger partial charge on any atom is -0.447 e. The van der Waals surface area contributed by atoms with Crippen LogP contribution < -0.4 is 15.5 Å². The van der Waals surface area contributed by atoms with Gasteiger partial charge in [-0.3, -0.25) is 4.21 Å². The van der Waals surface area contributed by atoms with E-state index in [9.17, 15) is 9.00 Å². The van der Waals surface area contributed by atoms with Crippen LogP contribution in [-0.4, -0.2) is 68.3 Å². The van der Waals surface area contributed by atoms with Gasteiger partial charge in [-0.1, -0.05) is 6.08 Å². The standard InChI is InChI=1S/C24H31N7O3S/c1-24(2,14-34-23(32)25-3)30-21-19-18(8-11-35(19)33)28-22(29-21)31-9-6-16(7-10-31)20-26-12-17(13-27-20)15-4-5-15/h6,12-13,15H,4-5,7-11,14H2,1-3H3,(H,25,32)(H,28,29,30)/t35-/m1/s1. The summed E-state index contributed by atoms with van der Waals surface area (Å²) in [4.78, 5) is 33.0. The highest BCUT2D eigenvalue weighted by atomic mass is 32.2. The fraction of sp³-hybridized carbons (Fsp3) is 0.542. The summed E-state index contributed by atoms with van der Waals surface area (Å²) in [7, 11) is 0.359. The molecule has 0 spiro atoms. The van der Waals surface area contributed by atoms with Gasteiger partial charge in [0.25, 0.3) is 0 Å². The summed E-state index contributed by atoms with van der Waals surface area (Å²) in [6.07, 6.45) is 9.49. The summed E-state index contributed by atoms with van der Waals surface area (Å²) in [5.74, 6) is 3.12. The Kier molecular flexibility index (Phi) is 6.43. The van der Waals surface area contributed by atoms with Crippen LogP contribution in [0.1, 0.15) is 56.1 Å². The second kappa shape index (κ2) is 9.52. The summed E-state index contributed by atoms with van der Waals surface area (Å²) in [6, 6.07) is 0. The number of nitrogens with zero attached hydrogens (tertiary/aromatic N) is 5. The zero-order chi connectivity index (χ0) is 24.6. The van der Waals surface area contributed by atoms with Crippen LogP contribution >= 0.6 is 0 Å². The molecule has 2 aromatic rings. The molecule has 5 rings (SSSR count). The molecular formula is C24H31N7O3S. The van der Waals surface area contributed by atoms with E-state index in [1.807, 2.05) is 26.2 Å². The van der Waals surface area contributed by atoms with Crippen molar-refractivity contribution in [2.45, 2.75) is 55.9 Å². The van der Waals surface area contributed by atoms with Crippen LogP contribution in [0.3, 0.4) is 0 Å². The van der Waals surface area contributed by atoms with Gasteiger partial charge in [0, 0.05) is 44.7 Å². The topological polar surface area (TPSA) is 122 Å². The summed E-state index contributed by atoms with van der Waals surface area (Å²) < 4.78 is 17.9. The monoisotopic (exact) mass is 497 g/mol. The molecule has 0 saturated heterocycles. The number of rotatable bonds is 7. The van der Waals surface area contributed by atoms with Crippen LogP contribution in [0.15, 0.2) is 23.4 Å². The highest BCUT2D eigenvalue weighted by molar-refractivity contribution is 7.85. The van der Waals surface area contributed by atoms with Gasteiger partial charge in [0.05, 0.1) is 22.0 Å². The molecule has 0 radical (unpaired) electrons. The normalized spacial score (nSPS) is 19.7. The third-order valence-electron chi connectivity index (χ3n) is 6.40. The van der Waals surface area contributed by atoms with Gasteiger partial charge >= 0.3 is 6.09 Å². The van der Waals surface area contributed by atoms with Crippen LogP contribution in [0.25, 0.3) is 5.57 Å². The fourth-order valence-corrected chi connectivity index (χ4v) is 5.58. The van der Waals surface area contributed by atoms with E-state index in [0.717, 1.165) is 30.1 Å². The lowest BCUT2D eigenvalue weighted by molar-refractivity contribution is 0.131. The van der Waals surface area contributed by atoms with Gasteiger partial charge < -0.3 is 20.3 Å². The van der Waals surface area contributed by atoms with Crippen molar-refractivity contribution >= 4 is 34.2 Å². The Morgan fingerprint density at radius 1 is 1.23 bits per heavy atom. The number of fused-ring (bicyclic) bond motifs is 1.